The lowest BCUT2D eigenvalue weighted by molar-refractivity contribution is -0.136. The Morgan fingerprint density at radius 3 is 2.57 bits per heavy atom. The van der Waals surface area contributed by atoms with E-state index in [1.165, 1.54) is 5.56 Å². The smallest absolute Gasteiger partial charge is 0.236 e. The van der Waals surface area contributed by atoms with E-state index in [-0.39, 0.29) is 5.91 Å². The van der Waals surface area contributed by atoms with Crippen molar-refractivity contribution in [3.8, 4) is 0 Å². The van der Waals surface area contributed by atoms with Gasteiger partial charge < -0.3 is 15.4 Å². The maximum atomic E-state index is 12.3. The summed E-state index contributed by atoms with van der Waals surface area (Å²) in [6.45, 7) is 5.33. The van der Waals surface area contributed by atoms with Gasteiger partial charge in [0.25, 0.3) is 0 Å². The quantitative estimate of drug-likeness (QED) is 0.787. The second-order valence-corrected chi connectivity index (χ2v) is 5.29. The van der Waals surface area contributed by atoms with Gasteiger partial charge in [0.05, 0.1) is 19.8 Å². The standard InChI is InChI=1S/C16H25N3O2/c17-7-9-18(8-6-15-4-2-1-3-5-15)14-16(20)19-10-12-21-13-11-19/h1-5H,6-14,17H2. The molecule has 2 rings (SSSR count). The summed E-state index contributed by atoms with van der Waals surface area (Å²) in [6.07, 6.45) is 0.942. The Balaban J connectivity index is 1.81. The first-order valence-corrected chi connectivity index (χ1v) is 7.61. The number of morpholine rings is 1. The molecule has 2 N–H and O–H groups in total. The van der Waals surface area contributed by atoms with Crippen molar-refractivity contribution in [2.24, 2.45) is 5.73 Å². The Morgan fingerprint density at radius 1 is 1.19 bits per heavy atom. The number of amides is 1. The van der Waals surface area contributed by atoms with Crippen LogP contribution in [0.25, 0.3) is 0 Å². The highest BCUT2D eigenvalue weighted by Gasteiger charge is 2.19. The molecule has 0 bridgehead atoms. The second-order valence-electron chi connectivity index (χ2n) is 5.29. The van der Waals surface area contributed by atoms with Crippen LogP contribution in [0.3, 0.4) is 0 Å². The maximum Gasteiger partial charge on any atom is 0.236 e. The molecular formula is C16H25N3O2. The number of hydrogen-bond donors (Lipinski definition) is 1. The van der Waals surface area contributed by atoms with Gasteiger partial charge in [-0.2, -0.15) is 0 Å². The highest BCUT2D eigenvalue weighted by molar-refractivity contribution is 5.78. The van der Waals surface area contributed by atoms with Crippen LogP contribution in [0.1, 0.15) is 5.56 Å². The zero-order chi connectivity index (χ0) is 14.9. The largest absolute Gasteiger partial charge is 0.378 e. The van der Waals surface area contributed by atoms with E-state index in [1.54, 1.807) is 0 Å². The summed E-state index contributed by atoms with van der Waals surface area (Å²) in [4.78, 5) is 16.3. The molecule has 0 unspecified atom stereocenters. The highest BCUT2D eigenvalue weighted by Crippen LogP contribution is 2.03. The molecule has 1 amide bonds. The first kappa shape index (κ1) is 15.9. The lowest BCUT2D eigenvalue weighted by Gasteiger charge is -2.30. The van der Waals surface area contributed by atoms with Gasteiger partial charge in [-0.15, -0.1) is 0 Å². The molecular weight excluding hydrogens is 266 g/mol. The Kier molecular flexibility index (Phi) is 6.66. The van der Waals surface area contributed by atoms with Crippen LogP contribution in [0, 0.1) is 0 Å². The van der Waals surface area contributed by atoms with Crippen LogP contribution < -0.4 is 5.73 Å². The zero-order valence-corrected chi connectivity index (χ0v) is 12.5. The molecule has 1 aliphatic rings. The lowest BCUT2D eigenvalue weighted by Crippen LogP contribution is -2.47. The fourth-order valence-electron chi connectivity index (χ4n) is 2.49. The van der Waals surface area contributed by atoms with Gasteiger partial charge in [0, 0.05) is 32.7 Å². The molecule has 0 spiro atoms. The van der Waals surface area contributed by atoms with Crippen molar-refractivity contribution in [2.75, 3.05) is 52.5 Å². The summed E-state index contributed by atoms with van der Waals surface area (Å²) in [6, 6.07) is 10.3. The van der Waals surface area contributed by atoms with Gasteiger partial charge in [0.1, 0.15) is 0 Å². The van der Waals surface area contributed by atoms with E-state index < -0.39 is 0 Å². The monoisotopic (exact) mass is 291 g/mol. The van der Waals surface area contributed by atoms with E-state index in [0.29, 0.717) is 39.4 Å². The molecule has 1 aromatic rings. The SMILES string of the molecule is NCCN(CCc1ccccc1)CC(=O)N1CCOCC1. The molecule has 0 radical (unpaired) electrons. The van der Waals surface area contributed by atoms with Gasteiger partial charge in [0.15, 0.2) is 0 Å². The van der Waals surface area contributed by atoms with Gasteiger partial charge in [-0.25, -0.2) is 0 Å². The maximum absolute atomic E-state index is 12.3. The third-order valence-electron chi connectivity index (χ3n) is 3.73. The van der Waals surface area contributed by atoms with Gasteiger partial charge in [0.2, 0.25) is 5.91 Å². The minimum atomic E-state index is 0.180. The summed E-state index contributed by atoms with van der Waals surface area (Å²) < 4.78 is 5.28. The van der Waals surface area contributed by atoms with Gasteiger partial charge in [-0.05, 0) is 12.0 Å². The third-order valence-corrected chi connectivity index (χ3v) is 3.73. The number of nitrogens with zero attached hydrogens (tertiary/aromatic N) is 2. The van der Waals surface area contributed by atoms with Gasteiger partial charge in [-0.1, -0.05) is 30.3 Å². The van der Waals surface area contributed by atoms with Crippen LogP contribution in [0.4, 0.5) is 0 Å². The Bertz CT molecular complexity index is 419. The van der Waals surface area contributed by atoms with Crippen molar-refractivity contribution < 1.29 is 9.53 Å². The van der Waals surface area contributed by atoms with Crippen LogP contribution >= 0.6 is 0 Å². The number of hydrogen-bond acceptors (Lipinski definition) is 4. The molecule has 1 aliphatic heterocycles. The van der Waals surface area contributed by atoms with Gasteiger partial charge >= 0.3 is 0 Å². The van der Waals surface area contributed by atoms with Crippen LogP contribution in [0.5, 0.6) is 0 Å². The molecule has 0 aliphatic carbocycles. The molecule has 0 atom stereocenters. The first-order chi connectivity index (χ1) is 10.3. The van der Waals surface area contributed by atoms with E-state index in [9.17, 15) is 4.79 Å². The average Bonchev–Trinajstić information content (AvgIpc) is 2.54. The summed E-state index contributed by atoms with van der Waals surface area (Å²) in [5.41, 5.74) is 6.96. The average molecular weight is 291 g/mol. The molecule has 1 saturated heterocycles. The number of ether oxygens (including phenoxy) is 1. The molecule has 0 aromatic heterocycles. The predicted octanol–water partition coefficient (Wildman–Crippen LogP) is 0.349. The fourth-order valence-corrected chi connectivity index (χ4v) is 2.49. The van der Waals surface area contributed by atoms with Crippen molar-refractivity contribution >= 4 is 5.91 Å². The van der Waals surface area contributed by atoms with Crippen LogP contribution in [-0.4, -0.2) is 68.2 Å². The summed E-state index contributed by atoms with van der Waals surface area (Å²) in [5.74, 6) is 0.180. The van der Waals surface area contributed by atoms with Crippen molar-refractivity contribution in [3.05, 3.63) is 35.9 Å². The van der Waals surface area contributed by atoms with Gasteiger partial charge in [-0.3, -0.25) is 9.69 Å². The molecule has 116 valence electrons. The van der Waals surface area contributed by atoms with Crippen molar-refractivity contribution in [1.29, 1.82) is 0 Å². The molecule has 0 saturated carbocycles. The number of carbonyl (C=O) groups is 1. The highest BCUT2D eigenvalue weighted by atomic mass is 16.5. The summed E-state index contributed by atoms with van der Waals surface area (Å²) in [7, 11) is 0. The van der Waals surface area contributed by atoms with Crippen molar-refractivity contribution in [3.63, 3.8) is 0 Å². The number of benzene rings is 1. The first-order valence-electron chi connectivity index (χ1n) is 7.61. The molecule has 1 fully saturated rings. The lowest BCUT2D eigenvalue weighted by atomic mass is 10.1. The molecule has 5 heteroatoms. The zero-order valence-electron chi connectivity index (χ0n) is 12.5. The van der Waals surface area contributed by atoms with Crippen LogP contribution in [0.2, 0.25) is 0 Å². The van der Waals surface area contributed by atoms with Crippen molar-refractivity contribution in [1.82, 2.24) is 9.80 Å². The van der Waals surface area contributed by atoms with E-state index in [2.05, 4.69) is 17.0 Å². The minimum absolute atomic E-state index is 0.180. The third kappa shape index (κ3) is 5.46. The van der Waals surface area contributed by atoms with E-state index in [4.69, 9.17) is 10.5 Å². The minimum Gasteiger partial charge on any atom is -0.378 e. The second kappa shape index (κ2) is 8.77. The Hall–Kier alpha value is -1.43. The normalized spacial score (nSPS) is 15.4. The number of nitrogens with two attached hydrogens (primary N) is 1. The molecule has 1 heterocycles. The van der Waals surface area contributed by atoms with E-state index >= 15 is 0 Å². The predicted molar refractivity (Wildman–Crippen MR) is 83.0 cm³/mol. The Morgan fingerprint density at radius 2 is 1.90 bits per heavy atom. The fraction of sp³-hybridized carbons (Fsp3) is 0.562. The van der Waals surface area contributed by atoms with Crippen LogP contribution in [0.15, 0.2) is 30.3 Å². The molecule has 1 aromatic carbocycles. The van der Waals surface area contributed by atoms with E-state index in [1.807, 2.05) is 23.1 Å². The van der Waals surface area contributed by atoms with Crippen LogP contribution in [-0.2, 0) is 16.0 Å². The Labute approximate surface area is 126 Å². The van der Waals surface area contributed by atoms with Crippen molar-refractivity contribution in [2.45, 2.75) is 6.42 Å². The van der Waals surface area contributed by atoms with E-state index in [0.717, 1.165) is 19.5 Å². The summed E-state index contributed by atoms with van der Waals surface area (Å²) in [5, 5.41) is 0. The summed E-state index contributed by atoms with van der Waals surface area (Å²) >= 11 is 0. The number of rotatable bonds is 7. The molecule has 5 nitrogen and oxygen atoms in total. The topological polar surface area (TPSA) is 58.8 Å². The number of carbonyl (C=O) groups excluding carboxylic acids is 1. The molecule has 21 heavy (non-hydrogen) atoms.